The maximum absolute atomic E-state index is 13.1. The van der Waals surface area contributed by atoms with Gasteiger partial charge < -0.3 is 5.11 Å². The summed E-state index contributed by atoms with van der Waals surface area (Å²) in [7, 11) is 0. The first-order valence-electron chi connectivity index (χ1n) is 13.6. The molecule has 3 saturated carbocycles. The Labute approximate surface area is 210 Å². The molecule has 0 heterocycles. The third-order valence-corrected chi connectivity index (χ3v) is 11.4. The first-order valence-corrected chi connectivity index (χ1v) is 14.0. The van der Waals surface area contributed by atoms with Gasteiger partial charge in [-0.15, -0.1) is 0 Å². The highest BCUT2D eigenvalue weighted by Crippen LogP contribution is 2.68. The topological polar surface area (TPSA) is 71.4 Å². The lowest BCUT2D eigenvalue weighted by Gasteiger charge is -2.58. The average Bonchev–Trinajstić information content (AvgIpc) is 3.12. The van der Waals surface area contributed by atoms with Crippen LogP contribution in [0.1, 0.15) is 98.8 Å². The molecule has 4 nitrogen and oxygen atoms in total. The van der Waals surface area contributed by atoms with Crippen molar-refractivity contribution < 1.29 is 19.5 Å². The molecule has 0 aromatic carbocycles. The summed E-state index contributed by atoms with van der Waals surface area (Å²) in [5.41, 5.74) is 1.16. The molecule has 190 valence electrons. The van der Waals surface area contributed by atoms with Crippen LogP contribution in [-0.2, 0) is 14.4 Å². The number of carbonyl (C=O) groups excluding carboxylic acids is 2. The number of carbonyl (C=O) groups is 3. The van der Waals surface area contributed by atoms with Crippen LogP contribution in [0.15, 0.2) is 10.6 Å². The minimum Gasteiger partial charge on any atom is -0.481 e. The lowest BCUT2D eigenvalue weighted by atomic mass is 9.46. The summed E-state index contributed by atoms with van der Waals surface area (Å²) in [6, 6.07) is 0. The third-order valence-electron chi connectivity index (χ3n) is 11.0. The molecule has 5 unspecified atom stereocenters. The molecule has 0 aliphatic heterocycles. The summed E-state index contributed by atoms with van der Waals surface area (Å²) in [5, 5.41) is 10.8. The fourth-order valence-electron chi connectivity index (χ4n) is 9.19. The monoisotopic (exact) mass is 490 g/mol. The molecule has 0 aromatic rings. The second-order valence-electron chi connectivity index (χ2n) is 12.7. The molecule has 0 bridgehead atoms. The number of aliphatic carboxylic acids is 1. The molecule has 0 amide bonds. The largest absolute Gasteiger partial charge is 0.481 e. The first-order chi connectivity index (χ1) is 16.0. The molecule has 0 aromatic heterocycles. The van der Waals surface area contributed by atoms with E-state index in [1.54, 1.807) is 0 Å². The molecule has 0 saturated heterocycles. The summed E-state index contributed by atoms with van der Waals surface area (Å²) in [5.74, 6) is 0.689. The summed E-state index contributed by atoms with van der Waals surface area (Å²) in [4.78, 5) is 37.9. The lowest BCUT2D eigenvalue weighted by Crippen LogP contribution is -2.51. The van der Waals surface area contributed by atoms with Crippen LogP contribution < -0.4 is 0 Å². The Morgan fingerprint density at radius 2 is 1.76 bits per heavy atom. The number of carboxylic acids is 1. The Hall–Kier alpha value is -1.16. The second-order valence-corrected chi connectivity index (χ2v) is 13.0. The number of hydrogen-bond acceptors (Lipinski definition) is 3. The van der Waals surface area contributed by atoms with E-state index in [4.69, 9.17) is 11.6 Å². The van der Waals surface area contributed by atoms with Crippen molar-refractivity contribution in [1.29, 1.82) is 0 Å². The van der Waals surface area contributed by atoms with Crippen molar-refractivity contribution in [1.82, 2.24) is 0 Å². The Bertz CT molecular complexity index is 891. The highest BCUT2D eigenvalue weighted by molar-refractivity contribution is 6.43. The molecule has 0 radical (unpaired) electrons. The minimum absolute atomic E-state index is 0.00109. The van der Waals surface area contributed by atoms with Crippen molar-refractivity contribution in [3.8, 4) is 0 Å². The number of allylic oxidation sites excluding steroid dienone is 1. The van der Waals surface area contributed by atoms with E-state index in [-0.39, 0.29) is 46.6 Å². The normalized spacial score (nSPS) is 39.3. The number of ketones is 2. The van der Waals surface area contributed by atoms with Gasteiger partial charge >= 0.3 is 5.97 Å². The van der Waals surface area contributed by atoms with Crippen molar-refractivity contribution in [2.45, 2.75) is 98.8 Å². The van der Waals surface area contributed by atoms with Gasteiger partial charge in [-0.25, -0.2) is 0 Å². The van der Waals surface area contributed by atoms with E-state index in [9.17, 15) is 19.5 Å². The molecule has 4 aliphatic rings. The van der Waals surface area contributed by atoms with Crippen LogP contribution in [0.25, 0.3) is 0 Å². The zero-order valence-electron chi connectivity index (χ0n) is 21.7. The molecule has 0 spiro atoms. The molecule has 1 N–H and O–H groups in total. The SMILES string of the molecule is CCC(C(=O)CC(C(=O)O)[C@H]1CCC2C3CCC4=C(Cl)C(=O)CC[C@]4(C)C3CC[C@@]21C)C(C)C. The number of hydrogen-bond donors (Lipinski definition) is 1. The number of halogens is 1. The second kappa shape index (κ2) is 9.37. The van der Waals surface area contributed by atoms with Gasteiger partial charge in [-0.2, -0.15) is 0 Å². The molecule has 4 aliphatic carbocycles. The molecule has 4 rings (SSSR count). The molecular weight excluding hydrogens is 448 g/mol. The third kappa shape index (κ3) is 4.00. The van der Waals surface area contributed by atoms with Gasteiger partial charge in [0.15, 0.2) is 5.78 Å². The highest BCUT2D eigenvalue weighted by Gasteiger charge is 2.61. The fraction of sp³-hybridized carbons (Fsp3) is 0.828. The predicted octanol–water partition coefficient (Wildman–Crippen LogP) is 7.04. The Morgan fingerprint density at radius 1 is 1.06 bits per heavy atom. The van der Waals surface area contributed by atoms with Crippen LogP contribution in [0, 0.1) is 52.3 Å². The fourth-order valence-corrected chi connectivity index (χ4v) is 9.60. The Morgan fingerprint density at radius 3 is 2.38 bits per heavy atom. The minimum atomic E-state index is -0.792. The van der Waals surface area contributed by atoms with Gasteiger partial charge in [-0.1, -0.05) is 46.2 Å². The van der Waals surface area contributed by atoms with Crippen molar-refractivity contribution in [3.05, 3.63) is 10.6 Å². The molecule has 5 heteroatoms. The van der Waals surface area contributed by atoms with Crippen molar-refractivity contribution in [2.24, 2.45) is 52.3 Å². The van der Waals surface area contributed by atoms with Crippen LogP contribution in [0.4, 0.5) is 0 Å². The van der Waals surface area contributed by atoms with E-state index in [1.165, 1.54) is 5.57 Å². The van der Waals surface area contributed by atoms with Gasteiger partial charge in [0.25, 0.3) is 0 Å². The van der Waals surface area contributed by atoms with Crippen LogP contribution in [0.5, 0.6) is 0 Å². The molecule has 3 fully saturated rings. The Kier molecular flexibility index (Phi) is 7.15. The number of carboxylic acid groups (broad SMARTS) is 1. The van der Waals surface area contributed by atoms with E-state index >= 15 is 0 Å². The summed E-state index contributed by atoms with van der Waals surface area (Å²) < 4.78 is 0. The van der Waals surface area contributed by atoms with E-state index in [2.05, 4.69) is 27.7 Å². The lowest BCUT2D eigenvalue weighted by molar-refractivity contribution is -0.150. The average molecular weight is 491 g/mol. The molecule has 34 heavy (non-hydrogen) atoms. The predicted molar refractivity (Wildman–Crippen MR) is 134 cm³/mol. The zero-order chi connectivity index (χ0) is 25.0. The van der Waals surface area contributed by atoms with Crippen LogP contribution in [0.3, 0.4) is 0 Å². The van der Waals surface area contributed by atoms with Crippen molar-refractivity contribution >= 4 is 29.1 Å². The maximum Gasteiger partial charge on any atom is 0.307 e. The van der Waals surface area contributed by atoms with Gasteiger partial charge in [-0.05, 0) is 97.4 Å². The summed E-state index contributed by atoms with van der Waals surface area (Å²) in [6.45, 7) is 10.8. The van der Waals surface area contributed by atoms with Crippen LogP contribution >= 0.6 is 11.6 Å². The van der Waals surface area contributed by atoms with E-state index in [1.807, 2.05) is 6.92 Å². The van der Waals surface area contributed by atoms with Crippen molar-refractivity contribution in [3.63, 3.8) is 0 Å². The summed E-state index contributed by atoms with van der Waals surface area (Å²) in [6.07, 6.45) is 8.38. The highest BCUT2D eigenvalue weighted by atomic mass is 35.5. The number of fused-ring (bicyclic) bond motifs is 5. The maximum atomic E-state index is 13.1. The smallest absolute Gasteiger partial charge is 0.307 e. The van der Waals surface area contributed by atoms with Gasteiger partial charge in [0.05, 0.1) is 11.0 Å². The summed E-state index contributed by atoms with van der Waals surface area (Å²) >= 11 is 6.54. The van der Waals surface area contributed by atoms with Crippen molar-refractivity contribution in [2.75, 3.05) is 0 Å². The molecule has 8 atom stereocenters. The van der Waals surface area contributed by atoms with E-state index in [0.717, 1.165) is 51.4 Å². The zero-order valence-corrected chi connectivity index (χ0v) is 22.4. The van der Waals surface area contributed by atoms with Gasteiger partial charge in [-0.3, -0.25) is 14.4 Å². The first kappa shape index (κ1) is 25.9. The van der Waals surface area contributed by atoms with Gasteiger partial charge in [0.2, 0.25) is 0 Å². The van der Waals surface area contributed by atoms with Crippen LogP contribution in [-0.4, -0.2) is 22.6 Å². The van der Waals surface area contributed by atoms with E-state index in [0.29, 0.717) is 29.2 Å². The Balaban J connectivity index is 1.58. The van der Waals surface area contributed by atoms with Gasteiger partial charge in [0, 0.05) is 18.8 Å². The van der Waals surface area contributed by atoms with Crippen LogP contribution in [0.2, 0.25) is 0 Å². The van der Waals surface area contributed by atoms with E-state index < -0.39 is 11.9 Å². The number of rotatable bonds is 7. The number of Topliss-reactive ketones (excluding diaryl/α,β-unsaturated/α-hetero) is 2. The molecular formula is C29H43ClO4. The van der Waals surface area contributed by atoms with Gasteiger partial charge in [0.1, 0.15) is 5.78 Å². The quantitative estimate of drug-likeness (QED) is 0.415. The standard InChI is InChI=1S/C29H43ClO4/c1-6-17(16(2)3)25(32)15-19(27(33)34)21-10-9-20-18-7-8-23-26(30)24(31)12-14-29(23,5)22(18)11-13-28(20,21)4/h16-22H,6-15H2,1-5H3,(H,33,34)/t17?,18?,19?,20?,21-,22?,28+,29-/m1/s1.